The summed E-state index contributed by atoms with van der Waals surface area (Å²) >= 11 is 0. The highest BCUT2D eigenvalue weighted by Gasteiger charge is 2.12. The second-order valence-electron chi connectivity index (χ2n) is 7.61. The van der Waals surface area contributed by atoms with Gasteiger partial charge in [-0.2, -0.15) is 4.98 Å². The maximum atomic E-state index is 11.6. The van der Waals surface area contributed by atoms with Gasteiger partial charge in [0, 0.05) is 45.0 Å². The van der Waals surface area contributed by atoms with Crippen molar-refractivity contribution < 1.29 is 8.42 Å². The number of rotatable bonds is 7. The lowest BCUT2D eigenvalue weighted by Gasteiger charge is -2.19. The molecule has 0 unspecified atom stereocenters. The molecule has 0 aliphatic heterocycles. The van der Waals surface area contributed by atoms with E-state index < -0.39 is 9.84 Å². The van der Waals surface area contributed by atoms with Crippen LogP contribution < -0.4 is 15.5 Å². The van der Waals surface area contributed by atoms with Crippen LogP contribution in [0.25, 0.3) is 11.0 Å². The molecule has 0 bridgehead atoms. The number of aromatic nitrogens is 4. The molecule has 9 nitrogen and oxygen atoms in total. The summed E-state index contributed by atoms with van der Waals surface area (Å²) in [6, 6.07) is 15.1. The van der Waals surface area contributed by atoms with Crippen molar-refractivity contribution in [2.45, 2.75) is 5.75 Å². The summed E-state index contributed by atoms with van der Waals surface area (Å²) < 4.78 is 25.2. The summed E-state index contributed by atoms with van der Waals surface area (Å²) in [5, 5.41) is 6.25. The van der Waals surface area contributed by atoms with Crippen LogP contribution in [-0.2, 0) is 22.6 Å². The highest BCUT2D eigenvalue weighted by atomic mass is 35.5. The third-order valence-corrected chi connectivity index (χ3v) is 5.93. The van der Waals surface area contributed by atoms with Gasteiger partial charge in [-0.15, -0.1) is 12.4 Å². The summed E-state index contributed by atoms with van der Waals surface area (Å²) in [7, 11) is 2.64. The summed E-state index contributed by atoms with van der Waals surface area (Å²) in [6.45, 7) is 0. The summed E-state index contributed by atoms with van der Waals surface area (Å²) in [5.74, 6) is 1.91. The van der Waals surface area contributed by atoms with Crippen molar-refractivity contribution in [3.8, 4) is 0 Å². The molecule has 0 amide bonds. The molecule has 4 aromatic rings. The lowest BCUT2D eigenvalue weighted by atomic mass is 10.2. The fourth-order valence-corrected chi connectivity index (χ4v) is 4.30. The number of imidazole rings is 1. The first-order valence-electron chi connectivity index (χ1n) is 9.98. The zero-order valence-electron chi connectivity index (χ0n) is 18.8. The first kappa shape index (κ1) is 24.3. The molecule has 0 saturated heterocycles. The van der Waals surface area contributed by atoms with Crippen LogP contribution in [0.4, 0.5) is 29.1 Å². The van der Waals surface area contributed by atoms with Crippen LogP contribution in [-0.4, -0.2) is 48.3 Å². The predicted molar refractivity (Wildman–Crippen MR) is 136 cm³/mol. The number of sulfone groups is 1. The van der Waals surface area contributed by atoms with Crippen LogP contribution in [0.2, 0.25) is 0 Å². The van der Waals surface area contributed by atoms with Crippen molar-refractivity contribution in [1.29, 1.82) is 0 Å². The molecule has 0 radical (unpaired) electrons. The second-order valence-corrected chi connectivity index (χ2v) is 9.75. The van der Waals surface area contributed by atoms with E-state index in [0.29, 0.717) is 17.3 Å². The number of nitrogens with one attached hydrogen (secondary N) is 2. The molecule has 4 rings (SSSR count). The van der Waals surface area contributed by atoms with Gasteiger partial charge in [-0.25, -0.2) is 18.4 Å². The zero-order valence-corrected chi connectivity index (χ0v) is 20.4. The standard InChI is InChI=1S/C22H25N7O2S.ClH/c1-23-22-26-18-13-17(8-9-19(18)29(22)3)28(2)20-10-11-24-21(27-20)25-16-7-5-6-15(12-16)14-32(4,30)31;/h5-13H,14H2,1-4H3,(H,23,26)(H,24,25,27);1H. The maximum Gasteiger partial charge on any atom is 0.229 e. The molecule has 174 valence electrons. The number of nitrogens with zero attached hydrogens (tertiary/aromatic N) is 5. The Morgan fingerprint density at radius 3 is 2.61 bits per heavy atom. The van der Waals surface area contributed by atoms with Crippen LogP contribution in [0.5, 0.6) is 0 Å². The van der Waals surface area contributed by atoms with Crippen LogP contribution >= 0.6 is 12.4 Å². The van der Waals surface area contributed by atoms with Gasteiger partial charge in [-0.1, -0.05) is 12.1 Å². The van der Waals surface area contributed by atoms with Crippen molar-refractivity contribution >= 4 is 62.4 Å². The first-order valence-corrected chi connectivity index (χ1v) is 12.0. The van der Waals surface area contributed by atoms with E-state index in [1.54, 1.807) is 24.4 Å². The molecular weight excluding hydrogens is 462 g/mol. The van der Waals surface area contributed by atoms with E-state index in [4.69, 9.17) is 0 Å². The fraction of sp³-hybridized carbons (Fsp3) is 0.227. The molecule has 2 aromatic heterocycles. The van der Waals surface area contributed by atoms with Gasteiger partial charge in [0.25, 0.3) is 0 Å². The van der Waals surface area contributed by atoms with Gasteiger partial charge in [0.15, 0.2) is 9.84 Å². The van der Waals surface area contributed by atoms with E-state index in [9.17, 15) is 8.42 Å². The quantitative estimate of drug-likeness (QED) is 0.404. The first-order chi connectivity index (χ1) is 15.2. The summed E-state index contributed by atoms with van der Waals surface area (Å²) in [5.41, 5.74) is 4.29. The van der Waals surface area contributed by atoms with Crippen LogP contribution in [0.15, 0.2) is 54.7 Å². The van der Waals surface area contributed by atoms with Crippen molar-refractivity contribution in [2.75, 3.05) is 35.9 Å². The predicted octanol–water partition coefficient (Wildman–Crippen LogP) is 3.88. The van der Waals surface area contributed by atoms with Crippen molar-refractivity contribution in [3.05, 3.63) is 60.3 Å². The Labute approximate surface area is 199 Å². The molecule has 0 aliphatic carbocycles. The number of halogens is 1. The fourth-order valence-electron chi connectivity index (χ4n) is 3.52. The molecule has 2 aromatic carbocycles. The highest BCUT2D eigenvalue weighted by Crippen LogP contribution is 2.28. The third-order valence-electron chi connectivity index (χ3n) is 5.07. The minimum absolute atomic E-state index is 0. The highest BCUT2D eigenvalue weighted by molar-refractivity contribution is 7.89. The second kappa shape index (κ2) is 9.63. The lowest BCUT2D eigenvalue weighted by molar-refractivity contribution is 0.601. The van der Waals surface area contributed by atoms with E-state index in [1.165, 1.54) is 6.26 Å². The Kier molecular flexibility index (Phi) is 7.09. The molecule has 0 spiro atoms. The molecule has 33 heavy (non-hydrogen) atoms. The summed E-state index contributed by atoms with van der Waals surface area (Å²) in [4.78, 5) is 15.5. The topological polar surface area (TPSA) is 105 Å². The lowest BCUT2D eigenvalue weighted by Crippen LogP contribution is -2.12. The molecule has 11 heteroatoms. The smallest absolute Gasteiger partial charge is 0.229 e. The number of anilines is 5. The molecule has 2 N–H and O–H groups in total. The van der Waals surface area contributed by atoms with Gasteiger partial charge in [0.1, 0.15) is 5.82 Å². The van der Waals surface area contributed by atoms with Gasteiger partial charge >= 0.3 is 0 Å². The van der Waals surface area contributed by atoms with Gasteiger partial charge in [0.2, 0.25) is 11.9 Å². The van der Waals surface area contributed by atoms with E-state index in [2.05, 4.69) is 25.6 Å². The van der Waals surface area contributed by atoms with Gasteiger partial charge < -0.3 is 20.1 Å². The van der Waals surface area contributed by atoms with E-state index in [-0.39, 0.29) is 18.2 Å². The monoisotopic (exact) mass is 487 g/mol. The SMILES string of the molecule is CNc1nc2cc(N(C)c3ccnc(Nc4cccc(CS(C)(=O)=O)c4)n3)ccc2n1C.Cl. The van der Waals surface area contributed by atoms with E-state index in [1.807, 2.05) is 60.9 Å². The van der Waals surface area contributed by atoms with E-state index >= 15 is 0 Å². The number of aryl methyl sites for hydroxylation is 1. The van der Waals surface area contributed by atoms with Crippen molar-refractivity contribution in [2.24, 2.45) is 7.05 Å². The Bertz CT molecular complexity index is 1390. The molecule has 0 atom stereocenters. The molecule has 0 aliphatic rings. The van der Waals surface area contributed by atoms with E-state index in [0.717, 1.165) is 28.4 Å². The van der Waals surface area contributed by atoms with Crippen LogP contribution in [0.3, 0.4) is 0 Å². The maximum absolute atomic E-state index is 11.6. The Morgan fingerprint density at radius 1 is 1.09 bits per heavy atom. The van der Waals surface area contributed by atoms with Crippen molar-refractivity contribution in [1.82, 2.24) is 19.5 Å². The molecule has 2 heterocycles. The third kappa shape index (κ3) is 5.52. The van der Waals surface area contributed by atoms with Gasteiger partial charge in [-0.05, 0) is 42.0 Å². The zero-order chi connectivity index (χ0) is 22.9. The van der Waals surface area contributed by atoms with Crippen LogP contribution in [0, 0.1) is 0 Å². The molecule has 0 fully saturated rings. The molecular formula is C22H26ClN7O2S. The number of hydrogen-bond donors (Lipinski definition) is 2. The Balaban J connectivity index is 0.00000306. The average molecular weight is 488 g/mol. The number of hydrogen-bond acceptors (Lipinski definition) is 8. The average Bonchev–Trinajstić information content (AvgIpc) is 3.07. The number of fused-ring (bicyclic) bond motifs is 1. The minimum atomic E-state index is -3.11. The summed E-state index contributed by atoms with van der Waals surface area (Å²) in [6.07, 6.45) is 2.90. The number of benzene rings is 2. The van der Waals surface area contributed by atoms with Crippen molar-refractivity contribution in [3.63, 3.8) is 0 Å². The Morgan fingerprint density at radius 2 is 1.88 bits per heavy atom. The largest absolute Gasteiger partial charge is 0.359 e. The van der Waals surface area contributed by atoms with Crippen LogP contribution in [0.1, 0.15) is 5.56 Å². The normalized spacial score (nSPS) is 11.2. The van der Waals surface area contributed by atoms with Gasteiger partial charge in [0.05, 0.1) is 16.8 Å². The van der Waals surface area contributed by atoms with Gasteiger partial charge in [-0.3, -0.25) is 0 Å². The Hall–Kier alpha value is -3.37. The molecule has 0 saturated carbocycles. The minimum Gasteiger partial charge on any atom is -0.359 e.